The Morgan fingerprint density at radius 3 is 2.75 bits per heavy atom. The number of rotatable bonds is 3. The molecule has 5 nitrogen and oxygen atoms in total. The van der Waals surface area contributed by atoms with Crippen LogP contribution in [0.1, 0.15) is 35.7 Å². The molecular formula is C15H14N4O. The van der Waals surface area contributed by atoms with Crippen LogP contribution in [0, 0.1) is 18.3 Å². The van der Waals surface area contributed by atoms with Crippen molar-refractivity contribution >= 4 is 5.82 Å². The quantitative estimate of drug-likeness (QED) is 0.923. The van der Waals surface area contributed by atoms with Gasteiger partial charge in [-0.15, -0.1) is 0 Å². The van der Waals surface area contributed by atoms with Crippen LogP contribution < -0.4 is 10.5 Å². The molecule has 0 unspecified atom stereocenters. The van der Waals surface area contributed by atoms with Crippen molar-refractivity contribution in [2.75, 3.05) is 5.73 Å². The van der Waals surface area contributed by atoms with Crippen LogP contribution in [0.4, 0.5) is 5.82 Å². The van der Waals surface area contributed by atoms with E-state index >= 15 is 0 Å². The highest BCUT2D eigenvalue weighted by Crippen LogP contribution is 2.40. The van der Waals surface area contributed by atoms with Gasteiger partial charge in [0, 0.05) is 5.92 Å². The maximum absolute atomic E-state index is 9.09. The summed E-state index contributed by atoms with van der Waals surface area (Å²) in [5.74, 6) is 2.48. The van der Waals surface area contributed by atoms with Crippen molar-refractivity contribution in [3.05, 3.63) is 41.2 Å². The lowest BCUT2D eigenvalue weighted by molar-refractivity contribution is 0.453. The number of aromatic nitrogens is 2. The molecule has 2 aromatic rings. The number of benzene rings is 1. The Kier molecular flexibility index (Phi) is 2.99. The zero-order valence-corrected chi connectivity index (χ0v) is 11.1. The second-order valence-electron chi connectivity index (χ2n) is 4.88. The van der Waals surface area contributed by atoms with E-state index in [0.29, 0.717) is 34.5 Å². The van der Waals surface area contributed by atoms with Gasteiger partial charge in [0.15, 0.2) is 0 Å². The van der Waals surface area contributed by atoms with Crippen LogP contribution in [0.2, 0.25) is 0 Å². The van der Waals surface area contributed by atoms with Gasteiger partial charge in [0.2, 0.25) is 5.88 Å². The normalized spacial score (nSPS) is 13.8. The fourth-order valence-electron chi connectivity index (χ4n) is 1.91. The van der Waals surface area contributed by atoms with E-state index in [0.717, 1.165) is 18.7 Å². The van der Waals surface area contributed by atoms with Crippen molar-refractivity contribution in [2.24, 2.45) is 0 Å². The van der Waals surface area contributed by atoms with Crippen molar-refractivity contribution in [2.45, 2.75) is 25.7 Å². The Balaban J connectivity index is 2.00. The number of nitrogens with zero attached hydrogens (tertiary/aromatic N) is 3. The van der Waals surface area contributed by atoms with Crippen molar-refractivity contribution in [1.82, 2.24) is 9.97 Å². The molecule has 1 saturated carbocycles. The lowest BCUT2D eigenvalue weighted by Gasteiger charge is -2.11. The molecule has 5 heteroatoms. The summed E-state index contributed by atoms with van der Waals surface area (Å²) in [6, 6.07) is 9.16. The zero-order valence-electron chi connectivity index (χ0n) is 11.1. The Hall–Kier alpha value is -2.61. The van der Waals surface area contributed by atoms with Gasteiger partial charge >= 0.3 is 0 Å². The van der Waals surface area contributed by atoms with Crippen LogP contribution in [0.5, 0.6) is 11.6 Å². The Labute approximate surface area is 117 Å². The van der Waals surface area contributed by atoms with Gasteiger partial charge in [-0.1, -0.05) is 12.1 Å². The summed E-state index contributed by atoms with van der Waals surface area (Å²) in [7, 11) is 0. The molecule has 0 saturated heterocycles. The van der Waals surface area contributed by atoms with Gasteiger partial charge in [-0.05, 0) is 31.9 Å². The predicted molar refractivity (Wildman–Crippen MR) is 74.4 cm³/mol. The van der Waals surface area contributed by atoms with Gasteiger partial charge in [-0.3, -0.25) is 0 Å². The summed E-state index contributed by atoms with van der Waals surface area (Å²) >= 11 is 0. The molecule has 1 heterocycles. The zero-order chi connectivity index (χ0) is 14.1. The summed E-state index contributed by atoms with van der Waals surface area (Å²) in [6.07, 6.45) is 2.19. The number of ether oxygens (including phenoxy) is 1. The first-order chi connectivity index (χ1) is 9.69. The predicted octanol–water partition coefficient (Wildman–Crippen LogP) is 2.91. The lowest BCUT2D eigenvalue weighted by atomic mass is 10.2. The van der Waals surface area contributed by atoms with Crippen LogP contribution in [0.25, 0.3) is 0 Å². The summed E-state index contributed by atoms with van der Waals surface area (Å²) in [5, 5.41) is 9.09. The molecule has 3 rings (SSSR count). The van der Waals surface area contributed by atoms with Crippen LogP contribution in [-0.2, 0) is 0 Å². The number of nitrogens with two attached hydrogens (primary N) is 1. The third-order valence-electron chi connectivity index (χ3n) is 3.31. The first kappa shape index (κ1) is 12.4. The van der Waals surface area contributed by atoms with Crippen molar-refractivity contribution in [1.29, 1.82) is 5.26 Å². The molecule has 0 aliphatic heterocycles. The third kappa shape index (κ3) is 2.28. The molecule has 0 atom stereocenters. The SMILES string of the molecule is Cc1c(N)nc(C2CC2)nc1Oc1ccccc1C#N. The van der Waals surface area contributed by atoms with Crippen LogP contribution in [-0.4, -0.2) is 9.97 Å². The second-order valence-corrected chi connectivity index (χ2v) is 4.88. The lowest BCUT2D eigenvalue weighted by Crippen LogP contribution is -2.04. The molecule has 1 aromatic heterocycles. The van der Waals surface area contributed by atoms with E-state index < -0.39 is 0 Å². The van der Waals surface area contributed by atoms with Crippen molar-refractivity contribution in [3.8, 4) is 17.7 Å². The minimum atomic E-state index is 0.395. The highest BCUT2D eigenvalue weighted by molar-refractivity contribution is 5.49. The van der Waals surface area contributed by atoms with Gasteiger partial charge < -0.3 is 10.5 Å². The summed E-state index contributed by atoms with van der Waals surface area (Å²) in [5.41, 5.74) is 7.08. The molecule has 100 valence electrons. The van der Waals surface area contributed by atoms with Gasteiger partial charge in [0.25, 0.3) is 0 Å². The molecule has 0 amide bonds. The number of anilines is 1. The number of para-hydroxylation sites is 1. The van der Waals surface area contributed by atoms with Crippen LogP contribution in [0.3, 0.4) is 0 Å². The van der Waals surface area contributed by atoms with Gasteiger partial charge in [0.05, 0.1) is 11.1 Å². The highest BCUT2D eigenvalue weighted by atomic mass is 16.5. The van der Waals surface area contributed by atoms with Crippen molar-refractivity contribution < 1.29 is 4.74 Å². The van der Waals surface area contributed by atoms with E-state index in [2.05, 4.69) is 16.0 Å². The van der Waals surface area contributed by atoms with E-state index in [9.17, 15) is 0 Å². The minimum Gasteiger partial charge on any atom is -0.437 e. The molecule has 0 spiro atoms. The first-order valence-corrected chi connectivity index (χ1v) is 6.50. The minimum absolute atomic E-state index is 0.395. The molecule has 0 radical (unpaired) electrons. The Morgan fingerprint density at radius 2 is 2.05 bits per heavy atom. The van der Waals surface area contributed by atoms with Gasteiger partial charge in [0.1, 0.15) is 23.5 Å². The largest absolute Gasteiger partial charge is 0.437 e. The van der Waals surface area contributed by atoms with Crippen LogP contribution >= 0.6 is 0 Å². The number of hydrogen-bond donors (Lipinski definition) is 1. The van der Waals surface area contributed by atoms with Crippen molar-refractivity contribution in [3.63, 3.8) is 0 Å². The second kappa shape index (κ2) is 4.82. The van der Waals surface area contributed by atoms with E-state index in [1.54, 1.807) is 18.2 Å². The Morgan fingerprint density at radius 1 is 1.30 bits per heavy atom. The standard InChI is InChI=1S/C15H14N4O/c1-9-13(17)18-14(10-6-7-10)19-15(9)20-12-5-3-2-4-11(12)8-16/h2-5,10H,6-7H2,1H3,(H2,17,18,19). The van der Waals surface area contributed by atoms with E-state index in [1.807, 2.05) is 13.0 Å². The topological polar surface area (TPSA) is 84.8 Å². The molecule has 20 heavy (non-hydrogen) atoms. The maximum Gasteiger partial charge on any atom is 0.227 e. The number of nitrogen functional groups attached to an aromatic ring is 1. The third-order valence-corrected chi connectivity index (χ3v) is 3.31. The fourth-order valence-corrected chi connectivity index (χ4v) is 1.91. The van der Waals surface area contributed by atoms with E-state index in [-0.39, 0.29) is 0 Å². The highest BCUT2D eigenvalue weighted by Gasteiger charge is 2.28. The number of hydrogen-bond acceptors (Lipinski definition) is 5. The molecule has 1 aliphatic carbocycles. The number of nitriles is 1. The first-order valence-electron chi connectivity index (χ1n) is 6.50. The molecule has 1 aromatic carbocycles. The fraction of sp³-hybridized carbons (Fsp3) is 0.267. The summed E-state index contributed by atoms with van der Waals surface area (Å²) in [4.78, 5) is 8.74. The smallest absolute Gasteiger partial charge is 0.227 e. The molecule has 1 fully saturated rings. The monoisotopic (exact) mass is 266 g/mol. The molecule has 1 aliphatic rings. The molecule has 0 bridgehead atoms. The van der Waals surface area contributed by atoms with Gasteiger partial charge in [-0.25, -0.2) is 4.98 Å². The molecular weight excluding hydrogens is 252 g/mol. The average Bonchev–Trinajstić information content (AvgIpc) is 3.28. The molecule has 2 N–H and O–H groups in total. The van der Waals surface area contributed by atoms with Gasteiger partial charge in [-0.2, -0.15) is 10.2 Å². The average molecular weight is 266 g/mol. The Bertz CT molecular complexity index is 702. The maximum atomic E-state index is 9.09. The summed E-state index contributed by atoms with van der Waals surface area (Å²) < 4.78 is 5.78. The van der Waals surface area contributed by atoms with E-state index in [1.165, 1.54) is 0 Å². The summed E-state index contributed by atoms with van der Waals surface area (Å²) in [6.45, 7) is 1.82. The van der Waals surface area contributed by atoms with E-state index in [4.69, 9.17) is 15.7 Å². The van der Waals surface area contributed by atoms with Crippen LogP contribution in [0.15, 0.2) is 24.3 Å².